The largest absolute Gasteiger partial charge is 0.335 e. The third-order valence-electron chi connectivity index (χ3n) is 3.24. The number of imidazole rings is 1. The highest BCUT2D eigenvalue weighted by molar-refractivity contribution is 5.92. The first-order chi connectivity index (χ1) is 10.2. The van der Waals surface area contributed by atoms with E-state index in [1.54, 1.807) is 12.5 Å². The number of rotatable bonds is 7. The first-order valence-corrected chi connectivity index (χ1v) is 7.29. The number of nitrogens with zero attached hydrogens (tertiary/aromatic N) is 3. The lowest BCUT2D eigenvalue weighted by Crippen LogP contribution is -2.31. The van der Waals surface area contributed by atoms with Gasteiger partial charge >= 0.3 is 0 Å². The number of amides is 1. The number of nitrogens with two attached hydrogens (primary N) is 1. The van der Waals surface area contributed by atoms with E-state index in [9.17, 15) is 4.79 Å². The Kier molecular flexibility index (Phi) is 5.51. The van der Waals surface area contributed by atoms with Gasteiger partial charge in [-0.2, -0.15) is 0 Å². The standard InChI is InChI=1S/C16H22N4O/c1-2-9-20(11-14-6-4-3-5-7-14)16(21)15-12-19(10-8-17)13-18-15/h3-7,12-13H,2,8-11,17H2,1H3. The highest BCUT2D eigenvalue weighted by Gasteiger charge is 2.17. The van der Waals surface area contributed by atoms with E-state index < -0.39 is 0 Å². The van der Waals surface area contributed by atoms with Crippen LogP contribution in [0, 0.1) is 0 Å². The van der Waals surface area contributed by atoms with Crippen molar-refractivity contribution in [3.8, 4) is 0 Å². The van der Waals surface area contributed by atoms with Crippen LogP contribution in [0.15, 0.2) is 42.9 Å². The molecule has 2 aromatic rings. The fourth-order valence-electron chi connectivity index (χ4n) is 2.23. The first kappa shape index (κ1) is 15.3. The third kappa shape index (κ3) is 4.16. The zero-order chi connectivity index (χ0) is 15.1. The lowest BCUT2D eigenvalue weighted by Gasteiger charge is -2.21. The maximum atomic E-state index is 12.6. The molecule has 112 valence electrons. The van der Waals surface area contributed by atoms with Crippen LogP contribution in [0.2, 0.25) is 0 Å². The van der Waals surface area contributed by atoms with Gasteiger partial charge in [-0.05, 0) is 12.0 Å². The van der Waals surface area contributed by atoms with Crippen molar-refractivity contribution in [1.82, 2.24) is 14.5 Å². The number of hydrogen-bond donors (Lipinski definition) is 1. The van der Waals surface area contributed by atoms with E-state index in [2.05, 4.69) is 11.9 Å². The van der Waals surface area contributed by atoms with Crippen molar-refractivity contribution in [3.63, 3.8) is 0 Å². The Bertz CT molecular complexity index is 565. The van der Waals surface area contributed by atoms with Gasteiger partial charge in [0, 0.05) is 32.4 Å². The Balaban J connectivity index is 2.10. The number of benzene rings is 1. The van der Waals surface area contributed by atoms with Crippen molar-refractivity contribution < 1.29 is 4.79 Å². The molecule has 2 N–H and O–H groups in total. The molecule has 2 rings (SSSR count). The van der Waals surface area contributed by atoms with Crippen molar-refractivity contribution in [2.45, 2.75) is 26.4 Å². The maximum Gasteiger partial charge on any atom is 0.274 e. The lowest BCUT2D eigenvalue weighted by molar-refractivity contribution is 0.0737. The number of hydrogen-bond acceptors (Lipinski definition) is 3. The Labute approximate surface area is 125 Å². The van der Waals surface area contributed by atoms with Crippen LogP contribution < -0.4 is 5.73 Å². The Morgan fingerprint density at radius 3 is 2.76 bits per heavy atom. The topological polar surface area (TPSA) is 64.2 Å². The highest BCUT2D eigenvalue weighted by atomic mass is 16.2. The molecule has 21 heavy (non-hydrogen) atoms. The van der Waals surface area contributed by atoms with E-state index in [4.69, 9.17) is 5.73 Å². The highest BCUT2D eigenvalue weighted by Crippen LogP contribution is 2.09. The smallest absolute Gasteiger partial charge is 0.274 e. The number of aromatic nitrogens is 2. The van der Waals surface area contributed by atoms with E-state index in [-0.39, 0.29) is 5.91 Å². The van der Waals surface area contributed by atoms with E-state index in [0.29, 0.717) is 25.3 Å². The minimum Gasteiger partial charge on any atom is -0.335 e. The van der Waals surface area contributed by atoms with Crippen LogP contribution in [0.4, 0.5) is 0 Å². The molecule has 0 fully saturated rings. The second-order valence-corrected chi connectivity index (χ2v) is 5.00. The summed E-state index contributed by atoms with van der Waals surface area (Å²) in [5.41, 5.74) is 7.12. The number of carbonyl (C=O) groups excluding carboxylic acids is 1. The quantitative estimate of drug-likeness (QED) is 0.845. The van der Waals surface area contributed by atoms with E-state index in [1.807, 2.05) is 39.8 Å². The normalized spacial score (nSPS) is 10.6. The SMILES string of the molecule is CCCN(Cc1ccccc1)C(=O)c1cn(CCN)cn1. The number of carbonyl (C=O) groups is 1. The van der Waals surface area contributed by atoms with Gasteiger partial charge in [0.25, 0.3) is 5.91 Å². The molecule has 1 aromatic heterocycles. The van der Waals surface area contributed by atoms with Crippen LogP contribution in [0.5, 0.6) is 0 Å². The fraction of sp³-hybridized carbons (Fsp3) is 0.375. The minimum atomic E-state index is -0.0310. The predicted octanol–water partition coefficient (Wildman–Crippen LogP) is 1.89. The van der Waals surface area contributed by atoms with Crippen LogP contribution >= 0.6 is 0 Å². The second kappa shape index (κ2) is 7.59. The van der Waals surface area contributed by atoms with Crippen molar-refractivity contribution in [3.05, 3.63) is 54.1 Å². The van der Waals surface area contributed by atoms with Crippen molar-refractivity contribution >= 4 is 5.91 Å². The second-order valence-electron chi connectivity index (χ2n) is 5.00. The molecule has 0 atom stereocenters. The summed E-state index contributed by atoms with van der Waals surface area (Å²) < 4.78 is 1.85. The monoisotopic (exact) mass is 286 g/mol. The molecular formula is C16H22N4O. The Morgan fingerprint density at radius 2 is 2.10 bits per heavy atom. The van der Waals surface area contributed by atoms with Crippen LogP contribution in [0.25, 0.3) is 0 Å². The van der Waals surface area contributed by atoms with Gasteiger partial charge < -0.3 is 15.2 Å². The van der Waals surface area contributed by atoms with Crippen LogP contribution in [-0.4, -0.2) is 33.4 Å². The lowest BCUT2D eigenvalue weighted by atomic mass is 10.2. The molecule has 0 aliphatic carbocycles. The summed E-state index contributed by atoms with van der Waals surface area (Å²) >= 11 is 0. The average Bonchev–Trinajstić information content (AvgIpc) is 2.96. The van der Waals surface area contributed by atoms with Crippen molar-refractivity contribution in [2.75, 3.05) is 13.1 Å². The summed E-state index contributed by atoms with van der Waals surface area (Å²) in [5, 5.41) is 0. The average molecular weight is 286 g/mol. The van der Waals surface area contributed by atoms with Crippen LogP contribution in [0.1, 0.15) is 29.4 Å². The van der Waals surface area contributed by atoms with Gasteiger partial charge in [0.1, 0.15) is 5.69 Å². The summed E-state index contributed by atoms with van der Waals surface area (Å²) in [5.74, 6) is -0.0310. The van der Waals surface area contributed by atoms with Gasteiger partial charge in [-0.15, -0.1) is 0 Å². The molecule has 0 spiro atoms. The molecule has 0 radical (unpaired) electrons. The summed E-state index contributed by atoms with van der Waals surface area (Å²) in [4.78, 5) is 18.6. The van der Waals surface area contributed by atoms with Gasteiger partial charge in [0.2, 0.25) is 0 Å². The predicted molar refractivity (Wildman–Crippen MR) is 82.8 cm³/mol. The minimum absolute atomic E-state index is 0.0310. The Morgan fingerprint density at radius 1 is 1.33 bits per heavy atom. The van der Waals surface area contributed by atoms with E-state index in [0.717, 1.165) is 18.5 Å². The van der Waals surface area contributed by atoms with Gasteiger partial charge in [0.15, 0.2) is 0 Å². The molecule has 5 heteroatoms. The van der Waals surface area contributed by atoms with E-state index in [1.165, 1.54) is 0 Å². The van der Waals surface area contributed by atoms with Gasteiger partial charge in [-0.25, -0.2) is 4.98 Å². The summed E-state index contributed by atoms with van der Waals surface area (Å²) in [6, 6.07) is 10.0. The van der Waals surface area contributed by atoms with E-state index >= 15 is 0 Å². The molecule has 1 heterocycles. The van der Waals surface area contributed by atoms with Gasteiger partial charge in [-0.1, -0.05) is 37.3 Å². The maximum absolute atomic E-state index is 12.6. The van der Waals surface area contributed by atoms with Crippen molar-refractivity contribution in [1.29, 1.82) is 0 Å². The molecule has 1 aromatic carbocycles. The molecule has 0 bridgehead atoms. The van der Waals surface area contributed by atoms with Gasteiger partial charge in [0.05, 0.1) is 6.33 Å². The Hall–Kier alpha value is -2.14. The first-order valence-electron chi connectivity index (χ1n) is 7.29. The van der Waals surface area contributed by atoms with Gasteiger partial charge in [-0.3, -0.25) is 4.79 Å². The molecule has 0 unspecified atom stereocenters. The molecule has 0 saturated carbocycles. The molecule has 0 saturated heterocycles. The van der Waals surface area contributed by atoms with Crippen molar-refractivity contribution in [2.24, 2.45) is 5.73 Å². The molecular weight excluding hydrogens is 264 g/mol. The summed E-state index contributed by atoms with van der Waals surface area (Å²) in [6.45, 7) is 4.60. The fourth-order valence-corrected chi connectivity index (χ4v) is 2.23. The zero-order valence-electron chi connectivity index (χ0n) is 12.4. The zero-order valence-corrected chi connectivity index (χ0v) is 12.4. The molecule has 1 amide bonds. The van der Waals surface area contributed by atoms with Crippen LogP contribution in [0.3, 0.4) is 0 Å². The molecule has 0 aliphatic rings. The summed E-state index contributed by atoms with van der Waals surface area (Å²) in [6.07, 6.45) is 4.34. The summed E-state index contributed by atoms with van der Waals surface area (Å²) in [7, 11) is 0. The third-order valence-corrected chi connectivity index (χ3v) is 3.24. The molecule has 5 nitrogen and oxygen atoms in total. The molecule has 0 aliphatic heterocycles. The van der Waals surface area contributed by atoms with Crippen LogP contribution in [-0.2, 0) is 13.1 Å².